The van der Waals surface area contributed by atoms with E-state index < -0.39 is 0 Å². The van der Waals surface area contributed by atoms with Gasteiger partial charge in [0.2, 0.25) is 0 Å². The monoisotopic (exact) mass is 202 g/mol. The standard InChI is InChI=1S/C14H18O/c1-2-3-4-5-6-7-10-13-11-8-9-12-14(13)15/h8-9,11-12,15H,2-6H2,1H3. The lowest BCUT2D eigenvalue weighted by molar-refractivity contribution is 0.473. The van der Waals surface area contributed by atoms with Gasteiger partial charge in [0.1, 0.15) is 5.75 Å². The maximum absolute atomic E-state index is 9.45. The maximum atomic E-state index is 9.45. The predicted octanol–water partition coefficient (Wildman–Crippen LogP) is 3.71. The quantitative estimate of drug-likeness (QED) is 0.583. The van der Waals surface area contributed by atoms with Crippen molar-refractivity contribution in [2.24, 2.45) is 0 Å². The summed E-state index contributed by atoms with van der Waals surface area (Å²) in [7, 11) is 0. The molecule has 1 aromatic rings. The Bertz CT molecular complexity index is 344. The fraction of sp³-hybridized carbons (Fsp3) is 0.429. The minimum Gasteiger partial charge on any atom is -0.507 e. The summed E-state index contributed by atoms with van der Waals surface area (Å²) in [5.74, 6) is 6.36. The third kappa shape index (κ3) is 4.56. The Morgan fingerprint density at radius 2 is 1.93 bits per heavy atom. The average Bonchev–Trinajstić information content (AvgIpc) is 2.25. The topological polar surface area (TPSA) is 20.2 Å². The molecular formula is C14H18O. The Morgan fingerprint density at radius 3 is 2.67 bits per heavy atom. The minimum atomic E-state index is 0.276. The summed E-state index contributed by atoms with van der Waals surface area (Å²) >= 11 is 0. The van der Waals surface area contributed by atoms with Crippen molar-refractivity contribution in [1.82, 2.24) is 0 Å². The van der Waals surface area contributed by atoms with E-state index in [2.05, 4.69) is 18.8 Å². The Kier molecular flexibility index (Phi) is 5.40. The highest BCUT2D eigenvalue weighted by Crippen LogP contribution is 2.13. The van der Waals surface area contributed by atoms with Gasteiger partial charge in [0, 0.05) is 6.42 Å². The Balaban J connectivity index is 2.35. The summed E-state index contributed by atoms with van der Waals surface area (Å²) in [6.45, 7) is 2.20. The number of phenolic OH excluding ortho intramolecular Hbond substituents is 1. The van der Waals surface area contributed by atoms with Crippen LogP contribution in [0.4, 0.5) is 0 Å². The van der Waals surface area contributed by atoms with Crippen molar-refractivity contribution in [3.63, 3.8) is 0 Å². The lowest BCUT2D eigenvalue weighted by Gasteiger charge is -1.94. The molecule has 0 fully saturated rings. The highest BCUT2D eigenvalue weighted by Gasteiger charge is 1.92. The van der Waals surface area contributed by atoms with E-state index >= 15 is 0 Å². The maximum Gasteiger partial charge on any atom is 0.131 e. The van der Waals surface area contributed by atoms with Crippen molar-refractivity contribution < 1.29 is 5.11 Å². The SMILES string of the molecule is CCCCCCC#Cc1ccccc1O. The van der Waals surface area contributed by atoms with Gasteiger partial charge in [-0.15, -0.1) is 0 Å². The van der Waals surface area contributed by atoms with E-state index in [0.717, 1.165) is 18.4 Å². The molecule has 0 aliphatic heterocycles. The van der Waals surface area contributed by atoms with E-state index in [-0.39, 0.29) is 5.75 Å². The lowest BCUT2D eigenvalue weighted by Crippen LogP contribution is -1.76. The first kappa shape index (κ1) is 11.7. The molecule has 1 aromatic carbocycles. The van der Waals surface area contributed by atoms with E-state index in [9.17, 15) is 5.11 Å². The minimum absolute atomic E-state index is 0.276. The van der Waals surface area contributed by atoms with Crippen LogP contribution in [-0.2, 0) is 0 Å². The van der Waals surface area contributed by atoms with Crippen molar-refractivity contribution in [2.45, 2.75) is 39.0 Å². The van der Waals surface area contributed by atoms with Crippen LogP contribution in [0.25, 0.3) is 0 Å². The summed E-state index contributed by atoms with van der Waals surface area (Å²) in [6.07, 6.45) is 5.89. The first-order chi connectivity index (χ1) is 7.34. The molecule has 0 saturated carbocycles. The van der Waals surface area contributed by atoms with Gasteiger partial charge in [0.25, 0.3) is 0 Å². The molecular weight excluding hydrogens is 184 g/mol. The zero-order valence-electron chi connectivity index (χ0n) is 9.29. The van der Waals surface area contributed by atoms with Gasteiger partial charge in [-0.1, -0.05) is 50.2 Å². The molecule has 0 aromatic heterocycles. The van der Waals surface area contributed by atoms with E-state index in [4.69, 9.17) is 0 Å². The fourth-order valence-electron chi connectivity index (χ4n) is 1.38. The molecule has 0 atom stereocenters. The van der Waals surface area contributed by atoms with E-state index in [1.165, 1.54) is 19.3 Å². The van der Waals surface area contributed by atoms with Crippen LogP contribution in [0.3, 0.4) is 0 Å². The summed E-state index contributed by atoms with van der Waals surface area (Å²) in [6, 6.07) is 7.21. The van der Waals surface area contributed by atoms with E-state index in [1.54, 1.807) is 6.07 Å². The molecule has 1 heteroatoms. The second-order valence-corrected chi connectivity index (χ2v) is 3.63. The molecule has 1 nitrogen and oxygen atoms in total. The number of hydrogen-bond acceptors (Lipinski definition) is 1. The number of unbranched alkanes of at least 4 members (excludes halogenated alkanes) is 4. The van der Waals surface area contributed by atoms with E-state index in [0.29, 0.717) is 0 Å². The Hall–Kier alpha value is -1.42. The third-order valence-electron chi connectivity index (χ3n) is 2.28. The second-order valence-electron chi connectivity index (χ2n) is 3.63. The second kappa shape index (κ2) is 6.95. The van der Waals surface area contributed by atoms with Crippen LogP contribution < -0.4 is 0 Å². The number of rotatable bonds is 4. The summed E-state index contributed by atoms with van der Waals surface area (Å²) in [4.78, 5) is 0. The molecule has 0 unspecified atom stereocenters. The molecule has 1 rings (SSSR count). The fourth-order valence-corrected chi connectivity index (χ4v) is 1.38. The molecule has 0 aliphatic carbocycles. The average molecular weight is 202 g/mol. The van der Waals surface area contributed by atoms with Gasteiger partial charge in [-0.3, -0.25) is 0 Å². The number of hydrogen-bond donors (Lipinski definition) is 1. The molecule has 0 bridgehead atoms. The smallest absolute Gasteiger partial charge is 0.131 e. The summed E-state index contributed by atoms with van der Waals surface area (Å²) < 4.78 is 0. The van der Waals surface area contributed by atoms with Crippen LogP contribution in [-0.4, -0.2) is 5.11 Å². The zero-order chi connectivity index (χ0) is 10.9. The van der Waals surface area contributed by atoms with Gasteiger partial charge in [-0.2, -0.15) is 0 Å². The molecule has 0 amide bonds. The summed E-state index contributed by atoms with van der Waals surface area (Å²) in [5.41, 5.74) is 0.730. The van der Waals surface area contributed by atoms with Gasteiger partial charge in [0.15, 0.2) is 0 Å². The van der Waals surface area contributed by atoms with Crippen LogP contribution in [0.15, 0.2) is 24.3 Å². The van der Waals surface area contributed by atoms with Gasteiger partial charge >= 0.3 is 0 Å². The molecule has 0 aliphatic rings. The normalized spacial score (nSPS) is 9.40. The number of benzene rings is 1. The largest absolute Gasteiger partial charge is 0.507 e. The number of para-hydroxylation sites is 1. The van der Waals surface area contributed by atoms with Gasteiger partial charge in [-0.25, -0.2) is 0 Å². The predicted molar refractivity (Wildman–Crippen MR) is 63.7 cm³/mol. The Morgan fingerprint density at radius 1 is 1.13 bits per heavy atom. The van der Waals surface area contributed by atoms with Crippen LogP contribution >= 0.6 is 0 Å². The molecule has 80 valence electrons. The van der Waals surface area contributed by atoms with Crippen LogP contribution in [0, 0.1) is 11.8 Å². The number of aromatic hydroxyl groups is 1. The van der Waals surface area contributed by atoms with Gasteiger partial charge in [0.05, 0.1) is 5.56 Å². The van der Waals surface area contributed by atoms with Crippen molar-refractivity contribution in [3.05, 3.63) is 29.8 Å². The van der Waals surface area contributed by atoms with Crippen molar-refractivity contribution in [1.29, 1.82) is 0 Å². The van der Waals surface area contributed by atoms with Crippen molar-refractivity contribution >= 4 is 0 Å². The molecule has 0 spiro atoms. The molecule has 1 N–H and O–H groups in total. The highest BCUT2D eigenvalue weighted by atomic mass is 16.3. The molecule has 15 heavy (non-hydrogen) atoms. The molecule has 0 radical (unpaired) electrons. The first-order valence-corrected chi connectivity index (χ1v) is 5.61. The zero-order valence-corrected chi connectivity index (χ0v) is 9.29. The summed E-state index contributed by atoms with van der Waals surface area (Å²) in [5, 5.41) is 9.45. The van der Waals surface area contributed by atoms with Crippen LogP contribution in [0.5, 0.6) is 5.75 Å². The van der Waals surface area contributed by atoms with Crippen LogP contribution in [0.1, 0.15) is 44.6 Å². The van der Waals surface area contributed by atoms with Crippen molar-refractivity contribution in [2.75, 3.05) is 0 Å². The number of phenols is 1. The van der Waals surface area contributed by atoms with Gasteiger partial charge in [-0.05, 0) is 18.6 Å². The molecule has 0 saturated heterocycles. The van der Waals surface area contributed by atoms with Gasteiger partial charge < -0.3 is 5.11 Å². The Labute approximate surface area is 92.1 Å². The highest BCUT2D eigenvalue weighted by molar-refractivity contribution is 5.44. The van der Waals surface area contributed by atoms with Crippen molar-refractivity contribution in [3.8, 4) is 17.6 Å². The first-order valence-electron chi connectivity index (χ1n) is 5.61. The lowest BCUT2D eigenvalue weighted by atomic mass is 10.1. The third-order valence-corrected chi connectivity index (χ3v) is 2.28. The molecule has 0 heterocycles. The van der Waals surface area contributed by atoms with Crippen LogP contribution in [0.2, 0.25) is 0 Å². The van der Waals surface area contributed by atoms with E-state index in [1.807, 2.05) is 18.2 Å².